The van der Waals surface area contributed by atoms with Crippen LogP contribution in [0.25, 0.3) is 0 Å². The van der Waals surface area contributed by atoms with E-state index < -0.39 is 10.9 Å². The molecular formula is C11H12BrNO4. The minimum Gasteiger partial charge on any atom is -0.466 e. The molecule has 0 spiro atoms. The summed E-state index contributed by atoms with van der Waals surface area (Å²) in [6.45, 7) is 3.71. The summed E-state index contributed by atoms with van der Waals surface area (Å²) in [7, 11) is 0. The Morgan fingerprint density at radius 1 is 1.53 bits per heavy atom. The molecule has 0 N–H and O–H groups in total. The number of esters is 1. The van der Waals surface area contributed by atoms with Gasteiger partial charge in [0.15, 0.2) is 0 Å². The summed E-state index contributed by atoms with van der Waals surface area (Å²) in [5.74, 6) is -0.466. The molecule has 0 radical (unpaired) electrons. The van der Waals surface area contributed by atoms with Crippen LogP contribution in [0.15, 0.2) is 16.6 Å². The van der Waals surface area contributed by atoms with E-state index in [0.717, 1.165) is 5.56 Å². The molecule has 0 saturated heterocycles. The number of halogens is 1. The van der Waals surface area contributed by atoms with Gasteiger partial charge in [0.25, 0.3) is 5.69 Å². The Bertz CT molecular complexity index is 459. The van der Waals surface area contributed by atoms with Crippen molar-refractivity contribution in [1.29, 1.82) is 0 Å². The summed E-state index contributed by atoms with van der Waals surface area (Å²) in [6, 6.07) is 3.31. The van der Waals surface area contributed by atoms with Crippen LogP contribution in [0, 0.1) is 17.0 Å². The van der Waals surface area contributed by atoms with Gasteiger partial charge < -0.3 is 4.74 Å². The predicted molar refractivity (Wildman–Crippen MR) is 65.9 cm³/mol. The lowest BCUT2D eigenvalue weighted by Crippen LogP contribution is -2.09. The number of nitro benzene ring substituents is 1. The van der Waals surface area contributed by atoms with Gasteiger partial charge in [-0.3, -0.25) is 14.9 Å². The number of benzene rings is 1. The molecule has 0 atom stereocenters. The van der Waals surface area contributed by atoms with Crippen molar-refractivity contribution in [2.45, 2.75) is 20.3 Å². The number of nitrogens with zero attached hydrogens (tertiary/aromatic N) is 1. The zero-order valence-corrected chi connectivity index (χ0v) is 11.1. The SMILES string of the molecule is CCOC(=O)Cc1ccc(C)c(Br)c1[N+](=O)[O-]. The average Bonchev–Trinajstić information content (AvgIpc) is 2.23. The minimum atomic E-state index is -0.494. The van der Waals surface area contributed by atoms with Gasteiger partial charge in [0, 0.05) is 5.56 Å². The number of carbonyl (C=O) groups is 1. The Labute approximate surface area is 107 Å². The summed E-state index contributed by atoms with van der Waals surface area (Å²) in [5.41, 5.74) is 1.04. The number of rotatable bonds is 4. The molecule has 0 aliphatic carbocycles. The van der Waals surface area contributed by atoms with Crippen LogP contribution in [0.1, 0.15) is 18.1 Å². The second-order valence-electron chi connectivity index (χ2n) is 3.44. The zero-order chi connectivity index (χ0) is 13.0. The number of hydrogen-bond donors (Lipinski definition) is 0. The van der Waals surface area contributed by atoms with E-state index in [0.29, 0.717) is 10.0 Å². The van der Waals surface area contributed by atoms with Gasteiger partial charge >= 0.3 is 5.97 Å². The third-order valence-electron chi connectivity index (χ3n) is 2.22. The quantitative estimate of drug-likeness (QED) is 0.487. The smallest absolute Gasteiger partial charge is 0.310 e. The lowest BCUT2D eigenvalue weighted by Gasteiger charge is -2.06. The Balaban J connectivity index is 3.11. The van der Waals surface area contributed by atoms with Crippen molar-refractivity contribution < 1.29 is 14.5 Å². The summed E-state index contributed by atoms with van der Waals surface area (Å²) < 4.78 is 5.18. The molecule has 0 bridgehead atoms. The maximum absolute atomic E-state index is 11.3. The highest BCUT2D eigenvalue weighted by Crippen LogP contribution is 2.32. The molecule has 0 amide bonds. The fraction of sp³-hybridized carbons (Fsp3) is 0.364. The molecule has 0 unspecified atom stereocenters. The van der Waals surface area contributed by atoms with Crippen molar-refractivity contribution in [2.75, 3.05) is 6.61 Å². The average molecular weight is 302 g/mol. The second kappa shape index (κ2) is 5.77. The maximum Gasteiger partial charge on any atom is 0.310 e. The monoisotopic (exact) mass is 301 g/mol. The minimum absolute atomic E-state index is 0.0712. The van der Waals surface area contributed by atoms with Gasteiger partial charge in [-0.05, 0) is 35.3 Å². The first-order valence-electron chi connectivity index (χ1n) is 5.05. The lowest BCUT2D eigenvalue weighted by molar-refractivity contribution is -0.386. The summed E-state index contributed by atoms with van der Waals surface area (Å²) >= 11 is 3.17. The summed E-state index contributed by atoms with van der Waals surface area (Å²) in [5, 5.41) is 11.0. The van der Waals surface area contributed by atoms with Crippen LogP contribution in [0.4, 0.5) is 5.69 Å². The predicted octanol–water partition coefficient (Wildman–Crippen LogP) is 2.77. The van der Waals surface area contributed by atoms with Crippen LogP contribution >= 0.6 is 15.9 Å². The molecule has 0 heterocycles. The highest BCUT2D eigenvalue weighted by molar-refractivity contribution is 9.10. The summed E-state index contributed by atoms with van der Waals surface area (Å²) in [4.78, 5) is 21.8. The molecule has 0 saturated carbocycles. The standard InChI is InChI=1S/C11H12BrNO4/c1-3-17-9(14)6-8-5-4-7(2)10(12)11(8)13(15)16/h4-5H,3,6H2,1-2H3. The van der Waals surface area contributed by atoms with E-state index in [2.05, 4.69) is 15.9 Å². The van der Waals surface area contributed by atoms with Crippen LogP contribution in [-0.4, -0.2) is 17.5 Å². The first kappa shape index (κ1) is 13.6. The lowest BCUT2D eigenvalue weighted by atomic mass is 10.1. The Kier molecular flexibility index (Phi) is 4.62. The van der Waals surface area contributed by atoms with Gasteiger partial charge in [-0.2, -0.15) is 0 Å². The largest absolute Gasteiger partial charge is 0.466 e. The molecule has 1 rings (SSSR count). The van der Waals surface area contributed by atoms with E-state index >= 15 is 0 Å². The molecule has 0 aromatic heterocycles. The first-order chi connectivity index (χ1) is 7.97. The highest BCUT2D eigenvalue weighted by Gasteiger charge is 2.22. The van der Waals surface area contributed by atoms with Gasteiger partial charge in [0.2, 0.25) is 0 Å². The van der Waals surface area contributed by atoms with E-state index in [-0.39, 0.29) is 18.7 Å². The van der Waals surface area contributed by atoms with Gasteiger partial charge in [-0.25, -0.2) is 0 Å². The van der Waals surface area contributed by atoms with Crippen molar-refractivity contribution in [1.82, 2.24) is 0 Å². The summed E-state index contributed by atoms with van der Waals surface area (Å²) in [6.07, 6.45) is -0.0942. The second-order valence-corrected chi connectivity index (χ2v) is 4.24. The van der Waals surface area contributed by atoms with Crippen LogP contribution in [0.2, 0.25) is 0 Å². The van der Waals surface area contributed by atoms with Crippen LogP contribution in [0.5, 0.6) is 0 Å². The normalized spacial score (nSPS) is 10.1. The molecular weight excluding hydrogens is 290 g/mol. The van der Waals surface area contributed by atoms with Crippen LogP contribution < -0.4 is 0 Å². The highest BCUT2D eigenvalue weighted by atomic mass is 79.9. The first-order valence-corrected chi connectivity index (χ1v) is 5.84. The van der Waals surface area contributed by atoms with Crippen molar-refractivity contribution in [2.24, 2.45) is 0 Å². The fourth-order valence-corrected chi connectivity index (χ4v) is 1.94. The topological polar surface area (TPSA) is 69.4 Å². The van der Waals surface area contributed by atoms with Crippen LogP contribution in [0.3, 0.4) is 0 Å². The molecule has 17 heavy (non-hydrogen) atoms. The third-order valence-corrected chi connectivity index (χ3v) is 3.22. The van der Waals surface area contributed by atoms with Crippen LogP contribution in [-0.2, 0) is 16.0 Å². The molecule has 0 aliphatic heterocycles. The van der Waals surface area contributed by atoms with Gasteiger partial charge in [-0.1, -0.05) is 12.1 Å². The van der Waals surface area contributed by atoms with Gasteiger partial charge in [0.1, 0.15) is 0 Å². The zero-order valence-electron chi connectivity index (χ0n) is 9.53. The molecule has 92 valence electrons. The van der Waals surface area contributed by atoms with Gasteiger partial charge in [-0.15, -0.1) is 0 Å². The molecule has 6 heteroatoms. The maximum atomic E-state index is 11.3. The van der Waals surface area contributed by atoms with Crippen molar-refractivity contribution >= 4 is 27.6 Å². The molecule has 0 fully saturated rings. The third kappa shape index (κ3) is 3.26. The van der Waals surface area contributed by atoms with E-state index in [1.54, 1.807) is 26.0 Å². The Morgan fingerprint density at radius 3 is 2.71 bits per heavy atom. The molecule has 1 aromatic carbocycles. The number of hydrogen-bond acceptors (Lipinski definition) is 4. The van der Waals surface area contributed by atoms with Crippen molar-refractivity contribution in [3.8, 4) is 0 Å². The fourth-order valence-electron chi connectivity index (χ4n) is 1.41. The van der Waals surface area contributed by atoms with E-state index in [1.165, 1.54) is 0 Å². The van der Waals surface area contributed by atoms with Crippen molar-refractivity contribution in [3.05, 3.63) is 37.8 Å². The molecule has 5 nitrogen and oxygen atoms in total. The van der Waals surface area contributed by atoms with Crippen molar-refractivity contribution in [3.63, 3.8) is 0 Å². The van der Waals surface area contributed by atoms with E-state index in [9.17, 15) is 14.9 Å². The number of carbonyl (C=O) groups excluding carboxylic acids is 1. The van der Waals surface area contributed by atoms with E-state index in [1.807, 2.05) is 0 Å². The number of ether oxygens (including phenoxy) is 1. The Morgan fingerprint density at radius 2 is 2.18 bits per heavy atom. The molecule has 0 aliphatic rings. The van der Waals surface area contributed by atoms with Gasteiger partial charge in [0.05, 0.1) is 22.4 Å². The molecule has 1 aromatic rings. The Hall–Kier alpha value is -1.43. The van der Waals surface area contributed by atoms with E-state index in [4.69, 9.17) is 4.74 Å². The number of aryl methyl sites for hydroxylation is 1. The number of nitro groups is 1.